The first-order valence-electron chi connectivity index (χ1n) is 8.90. The molecule has 1 aromatic heterocycles. The summed E-state index contributed by atoms with van der Waals surface area (Å²) >= 11 is 1.81. The van der Waals surface area contributed by atoms with E-state index in [1.54, 1.807) is 0 Å². The minimum absolute atomic E-state index is 0.179. The lowest BCUT2D eigenvalue weighted by Gasteiger charge is -2.31. The summed E-state index contributed by atoms with van der Waals surface area (Å²) < 4.78 is 0. The summed E-state index contributed by atoms with van der Waals surface area (Å²) in [5.41, 5.74) is 2.36. The van der Waals surface area contributed by atoms with Gasteiger partial charge < -0.3 is 0 Å². The van der Waals surface area contributed by atoms with Crippen LogP contribution in [0.4, 0.5) is 0 Å². The number of aryl methyl sites for hydroxylation is 2. The number of nitrogens with zero attached hydrogens (tertiary/aromatic N) is 2. The van der Waals surface area contributed by atoms with Gasteiger partial charge in [0.2, 0.25) is 0 Å². The molecule has 0 N–H and O–H groups in total. The van der Waals surface area contributed by atoms with E-state index < -0.39 is 0 Å². The van der Waals surface area contributed by atoms with Gasteiger partial charge in [0.05, 0.1) is 10.7 Å². The molecule has 1 aliphatic heterocycles. The first-order chi connectivity index (χ1) is 11.7. The lowest BCUT2D eigenvalue weighted by atomic mass is 9.90. The number of piperidine rings is 1. The number of hydrogen-bond acceptors (Lipinski definition) is 4. The average Bonchev–Trinajstić information content (AvgIpc) is 2.95. The second-order valence-electron chi connectivity index (χ2n) is 6.66. The molecule has 4 heteroatoms. The molecule has 0 amide bonds. The Balaban J connectivity index is 1.60. The summed E-state index contributed by atoms with van der Waals surface area (Å²) in [6.07, 6.45) is 3.71. The van der Waals surface area contributed by atoms with Crippen LogP contribution in [0.25, 0.3) is 0 Å². The minimum atomic E-state index is 0.179. The molecule has 3 rings (SSSR count). The molecule has 2 heterocycles. The van der Waals surface area contributed by atoms with Crippen molar-refractivity contribution in [3.05, 3.63) is 51.5 Å². The summed E-state index contributed by atoms with van der Waals surface area (Å²) in [6, 6.07) is 10.1. The zero-order chi connectivity index (χ0) is 16.9. The number of likely N-dealkylation sites (tertiary alicyclic amines) is 1. The molecule has 24 heavy (non-hydrogen) atoms. The van der Waals surface area contributed by atoms with Gasteiger partial charge in [-0.15, -0.1) is 11.3 Å². The third kappa shape index (κ3) is 4.31. The maximum absolute atomic E-state index is 12.7. The predicted octanol–water partition coefficient (Wildman–Crippen LogP) is 4.04. The number of carbonyl (C=O) groups excluding carboxylic acids is 1. The topological polar surface area (TPSA) is 33.2 Å². The van der Waals surface area contributed by atoms with Crippen LogP contribution >= 0.6 is 11.3 Å². The number of benzene rings is 1. The van der Waals surface area contributed by atoms with Crippen molar-refractivity contribution in [1.29, 1.82) is 0 Å². The molecule has 128 valence electrons. The fourth-order valence-corrected chi connectivity index (χ4v) is 4.59. The minimum Gasteiger partial charge on any atom is -0.299 e. The van der Waals surface area contributed by atoms with Crippen LogP contribution in [0.3, 0.4) is 0 Å². The van der Waals surface area contributed by atoms with E-state index in [1.807, 2.05) is 41.7 Å². The molecule has 0 bridgehead atoms. The van der Waals surface area contributed by atoms with E-state index in [2.05, 4.69) is 23.7 Å². The molecule has 0 saturated carbocycles. The van der Waals surface area contributed by atoms with E-state index >= 15 is 0 Å². The Morgan fingerprint density at radius 1 is 1.33 bits per heavy atom. The van der Waals surface area contributed by atoms with Gasteiger partial charge in [0.25, 0.3) is 0 Å². The highest BCUT2D eigenvalue weighted by Gasteiger charge is 2.26. The Morgan fingerprint density at radius 3 is 2.88 bits per heavy atom. The van der Waals surface area contributed by atoms with Crippen LogP contribution in [0.5, 0.6) is 0 Å². The van der Waals surface area contributed by atoms with Crippen molar-refractivity contribution >= 4 is 17.1 Å². The number of ketones is 1. The van der Waals surface area contributed by atoms with Crippen LogP contribution in [-0.2, 0) is 24.2 Å². The monoisotopic (exact) mass is 342 g/mol. The quantitative estimate of drug-likeness (QED) is 0.794. The molecular formula is C20H26N2OS. The Hall–Kier alpha value is -1.52. The number of carbonyl (C=O) groups is 1. The average molecular weight is 343 g/mol. The molecule has 0 spiro atoms. The zero-order valence-electron chi connectivity index (χ0n) is 14.6. The Bertz CT molecular complexity index is 680. The van der Waals surface area contributed by atoms with Gasteiger partial charge in [-0.1, -0.05) is 37.3 Å². The lowest BCUT2D eigenvalue weighted by Crippen LogP contribution is -2.38. The molecule has 1 aromatic carbocycles. The maximum atomic E-state index is 12.7. The van der Waals surface area contributed by atoms with Crippen molar-refractivity contribution in [2.24, 2.45) is 5.92 Å². The molecule has 0 aliphatic carbocycles. The van der Waals surface area contributed by atoms with Crippen LogP contribution in [0.1, 0.15) is 40.9 Å². The van der Waals surface area contributed by atoms with Gasteiger partial charge in [0.1, 0.15) is 5.78 Å². The van der Waals surface area contributed by atoms with E-state index in [-0.39, 0.29) is 5.92 Å². The lowest BCUT2D eigenvalue weighted by molar-refractivity contribution is -0.123. The van der Waals surface area contributed by atoms with E-state index in [4.69, 9.17) is 0 Å². The van der Waals surface area contributed by atoms with E-state index in [0.29, 0.717) is 12.2 Å². The fourth-order valence-electron chi connectivity index (χ4n) is 3.52. The molecule has 0 radical (unpaired) electrons. The molecular weight excluding hydrogens is 316 g/mol. The van der Waals surface area contributed by atoms with E-state index in [0.717, 1.165) is 49.5 Å². The van der Waals surface area contributed by atoms with Crippen molar-refractivity contribution < 1.29 is 4.79 Å². The van der Waals surface area contributed by atoms with E-state index in [1.165, 1.54) is 10.6 Å². The van der Waals surface area contributed by atoms with Gasteiger partial charge in [-0.3, -0.25) is 9.69 Å². The number of thiazole rings is 1. The first-order valence-corrected chi connectivity index (χ1v) is 9.71. The van der Waals surface area contributed by atoms with Crippen molar-refractivity contribution in [3.63, 3.8) is 0 Å². The van der Waals surface area contributed by atoms with Crippen LogP contribution in [0.2, 0.25) is 0 Å². The highest BCUT2D eigenvalue weighted by atomic mass is 32.1. The normalized spacial score (nSPS) is 18.7. The second kappa shape index (κ2) is 8.04. The molecule has 1 aliphatic rings. The summed E-state index contributed by atoms with van der Waals surface area (Å²) in [5, 5.41) is 1.15. The summed E-state index contributed by atoms with van der Waals surface area (Å²) in [7, 11) is 0. The second-order valence-corrected chi connectivity index (χ2v) is 7.95. The van der Waals surface area contributed by atoms with Crippen molar-refractivity contribution in [2.45, 2.75) is 46.1 Å². The van der Waals surface area contributed by atoms with Gasteiger partial charge in [-0.05, 0) is 38.3 Å². The van der Waals surface area contributed by atoms with Crippen LogP contribution in [0, 0.1) is 12.8 Å². The Labute approximate surface area is 148 Å². The zero-order valence-corrected chi connectivity index (χ0v) is 15.4. The number of rotatable bonds is 6. The van der Waals surface area contributed by atoms with Gasteiger partial charge in [-0.2, -0.15) is 0 Å². The highest BCUT2D eigenvalue weighted by Crippen LogP contribution is 2.25. The van der Waals surface area contributed by atoms with E-state index in [9.17, 15) is 4.79 Å². The molecule has 1 atom stereocenters. The van der Waals surface area contributed by atoms with Crippen molar-refractivity contribution in [2.75, 3.05) is 13.1 Å². The van der Waals surface area contributed by atoms with Gasteiger partial charge in [-0.25, -0.2) is 4.98 Å². The first kappa shape index (κ1) is 17.3. The largest absolute Gasteiger partial charge is 0.299 e. The smallest absolute Gasteiger partial charge is 0.141 e. The predicted molar refractivity (Wildman–Crippen MR) is 99.4 cm³/mol. The van der Waals surface area contributed by atoms with Crippen molar-refractivity contribution in [3.8, 4) is 0 Å². The maximum Gasteiger partial charge on any atom is 0.141 e. The van der Waals surface area contributed by atoms with Crippen LogP contribution in [0.15, 0.2) is 30.3 Å². The summed E-state index contributed by atoms with van der Waals surface area (Å²) in [5.74, 6) is 0.570. The van der Waals surface area contributed by atoms with Crippen molar-refractivity contribution in [1.82, 2.24) is 9.88 Å². The molecule has 1 saturated heterocycles. The van der Waals surface area contributed by atoms with Crippen LogP contribution in [-0.4, -0.2) is 28.8 Å². The fraction of sp³-hybridized carbons (Fsp3) is 0.500. The van der Waals surface area contributed by atoms with Gasteiger partial charge >= 0.3 is 0 Å². The third-order valence-corrected chi connectivity index (χ3v) is 5.77. The molecule has 1 fully saturated rings. The van der Waals surface area contributed by atoms with Gasteiger partial charge in [0.15, 0.2) is 0 Å². The Kier molecular flexibility index (Phi) is 5.80. The highest BCUT2D eigenvalue weighted by molar-refractivity contribution is 7.11. The number of Topliss-reactive ketones (excluding diaryl/α,β-unsaturated/α-hetero) is 1. The van der Waals surface area contributed by atoms with Gasteiger partial charge in [0, 0.05) is 30.3 Å². The molecule has 3 nitrogen and oxygen atoms in total. The number of hydrogen-bond donors (Lipinski definition) is 0. The number of aromatic nitrogens is 1. The van der Waals surface area contributed by atoms with Crippen LogP contribution < -0.4 is 0 Å². The summed E-state index contributed by atoms with van der Waals surface area (Å²) in [6.45, 7) is 7.18. The molecule has 0 unspecified atom stereocenters. The standard InChI is InChI=1S/C20H26N2OS/c1-3-18-20(24-15(2)21-18)14-22-11-7-10-17(13-22)19(23)12-16-8-5-4-6-9-16/h4-6,8-9,17H,3,7,10-14H2,1-2H3/t17-/m0/s1. The SMILES string of the molecule is CCc1nc(C)sc1CN1CCC[C@H](C(=O)Cc2ccccc2)C1. The molecule has 2 aromatic rings. The Morgan fingerprint density at radius 2 is 2.12 bits per heavy atom. The summed E-state index contributed by atoms with van der Waals surface area (Å²) in [4.78, 5) is 21.1. The third-order valence-electron chi connectivity index (χ3n) is 4.77.